The quantitative estimate of drug-likeness (QED) is 0.586. The lowest BCUT2D eigenvalue weighted by Crippen LogP contribution is -2.33. The molecule has 0 fully saturated rings. The van der Waals surface area contributed by atoms with E-state index in [1.807, 2.05) is 26.0 Å². The number of furan rings is 1. The van der Waals surface area contributed by atoms with Crippen molar-refractivity contribution in [2.24, 2.45) is 0 Å². The number of amides is 1. The van der Waals surface area contributed by atoms with Gasteiger partial charge in [0.25, 0.3) is 15.9 Å². The average Bonchev–Trinajstić information content (AvgIpc) is 3.26. The summed E-state index contributed by atoms with van der Waals surface area (Å²) < 4.78 is 32.2. The van der Waals surface area contributed by atoms with Crippen LogP contribution in [0.15, 0.2) is 76.2 Å². The van der Waals surface area contributed by atoms with Gasteiger partial charge in [-0.15, -0.1) is 0 Å². The molecule has 7 heteroatoms. The van der Waals surface area contributed by atoms with Crippen LogP contribution in [0, 0.1) is 6.92 Å². The number of carbonyl (C=O) groups excluding carboxylic acids is 1. The van der Waals surface area contributed by atoms with Gasteiger partial charge in [0, 0.05) is 25.1 Å². The van der Waals surface area contributed by atoms with Crippen molar-refractivity contribution in [3.63, 3.8) is 0 Å². The van der Waals surface area contributed by atoms with Crippen molar-refractivity contribution in [1.82, 2.24) is 5.32 Å². The Bertz CT molecular complexity index is 1070. The van der Waals surface area contributed by atoms with Crippen molar-refractivity contribution in [3.05, 3.63) is 83.8 Å². The molecule has 0 aliphatic heterocycles. The van der Waals surface area contributed by atoms with Gasteiger partial charge in [0.2, 0.25) is 0 Å². The number of nitrogens with zero attached hydrogens (tertiary/aromatic N) is 1. The van der Waals surface area contributed by atoms with Crippen LogP contribution in [0.5, 0.6) is 0 Å². The van der Waals surface area contributed by atoms with Crippen LogP contribution in [0.3, 0.4) is 0 Å². The Morgan fingerprint density at radius 2 is 1.73 bits per heavy atom. The molecule has 1 N–H and O–H groups in total. The summed E-state index contributed by atoms with van der Waals surface area (Å²) in [6.07, 6.45) is 3.14. The van der Waals surface area contributed by atoms with E-state index in [4.69, 9.17) is 4.42 Å². The van der Waals surface area contributed by atoms with Crippen molar-refractivity contribution in [2.75, 3.05) is 11.4 Å². The third-order valence-corrected chi connectivity index (χ3v) is 6.75. The topological polar surface area (TPSA) is 79.6 Å². The van der Waals surface area contributed by atoms with Crippen LogP contribution in [0.1, 0.15) is 35.0 Å². The predicted octanol–water partition coefficient (Wildman–Crippen LogP) is 4.16. The fourth-order valence-electron chi connectivity index (χ4n) is 3.02. The molecule has 158 valence electrons. The monoisotopic (exact) mass is 426 g/mol. The van der Waals surface area contributed by atoms with E-state index in [-0.39, 0.29) is 16.8 Å². The Hall–Kier alpha value is -3.06. The molecule has 1 heterocycles. The zero-order valence-electron chi connectivity index (χ0n) is 17.3. The van der Waals surface area contributed by atoms with Gasteiger partial charge in [-0.1, -0.05) is 17.7 Å². The van der Waals surface area contributed by atoms with Gasteiger partial charge in [0.1, 0.15) is 5.76 Å². The number of sulfonamides is 1. The van der Waals surface area contributed by atoms with E-state index in [2.05, 4.69) is 5.32 Å². The highest BCUT2D eigenvalue weighted by atomic mass is 32.2. The van der Waals surface area contributed by atoms with Crippen molar-refractivity contribution in [3.8, 4) is 0 Å². The first kappa shape index (κ1) is 21.6. The molecule has 1 aromatic heterocycles. The smallest absolute Gasteiger partial charge is 0.264 e. The second-order valence-electron chi connectivity index (χ2n) is 7.33. The summed E-state index contributed by atoms with van der Waals surface area (Å²) in [5.74, 6) is 0.691. The number of hydrogen-bond donors (Lipinski definition) is 1. The van der Waals surface area contributed by atoms with Gasteiger partial charge in [-0.25, -0.2) is 8.42 Å². The number of hydrogen-bond acceptors (Lipinski definition) is 4. The number of nitrogens with one attached hydrogen (secondary N) is 1. The van der Waals surface area contributed by atoms with Crippen LogP contribution in [-0.4, -0.2) is 27.4 Å². The van der Waals surface area contributed by atoms with Gasteiger partial charge in [0.15, 0.2) is 0 Å². The van der Waals surface area contributed by atoms with E-state index >= 15 is 0 Å². The lowest BCUT2D eigenvalue weighted by Gasteiger charge is -2.20. The van der Waals surface area contributed by atoms with Crippen molar-refractivity contribution < 1.29 is 17.6 Å². The molecule has 0 aliphatic rings. The second kappa shape index (κ2) is 9.17. The van der Waals surface area contributed by atoms with Gasteiger partial charge in [0.05, 0.1) is 16.8 Å². The summed E-state index contributed by atoms with van der Waals surface area (Å²) in [7, 11) is -2.16. The van der Waals surface area contributed by atoms with Crippen molar-refractivity contribution in [2.45, 2.75) is 37.6 Å². The Morgan fingerprint density at radius 1 is 1.07 bits per heavy atom. The first-order valence-electron chi connectivity index (χ1n) is 9.76. The standard InChI is InChI=1S/C23H26N2O4S/c1-17-6-14-22(15-7-17)30(27,28)25(3)20-11-9-19(10-12-20)23(26)24-18(2)8-13-21-5-4-16-29-21/h4-7,9-12,14-16,18H,8,13H2,1-3H3,(H,24,26). The fraction of sp³-hybridized carbons (Fsp3) is 0.261. The molecule has 30 heavy (non-hydrogen) atoms. The highest BCUT2D eigenvalue weighted by Crippen LogP contribution is 2.22. The van der Waals surface area contributed by atoms with E-state index in [0.717, 1.165) is 24.2 Å². The molecule has 0 spiro atoms. The minimum atomic E-state index is -3.67. The van der Waals surface area contributed by atoms with Crippen LogP contribution in [0.2, 0.25) is 0 Å². The molecule has 0 bridgehead atoms. The Balaban J connectivity index is 1.63. The zero-order chi connectivity index (χ0) is 21.7. The van der Waals surface area contributed by atoms with Gasteiger partial charge in [-0.3, -0.25) is 9.10 Å². The van der Waals surface area contributed by atoms with E-state index in [9.17, 15) is 13.2 Å². The summed E-state index contributed by atoms with van der Waals surface area (Å²) in [6, 6.07) is 17.0. The van der Waals surface area contributed by atoms with Crippen LogP contribution >= 0.6 is 0 Å². The summed E-state index contributed by atoms with van der Waals surface area (Å²) in [4.78, 5) is 12.7. The first-order chi connectivity index (χ1) is 14.3. The molecule has 3 aromatic rings. The van der Waals surface area contributed by atoms with E-state index in [1.165, 1.54) is 11.4 Å². The zero-order valence-corrected chi connectivity index (χ0v) is 18.1. The summed E-state index contributed by atoms with van der Waals surface area (Å²) >= 11 is 0. The van der Waals surface area contributed by atoms with Gasteiger partial charge in [-0.2, -0.15) is 0 Å². The molecule has 1 unspecified atom stereocenters. The molecule has 0 radical (unpaired) electrons. The predicted molar refractivity (Wildman–Crippen MR) is 117 cm³/mol. The number of benzene rings is 2. The molecule has 6 nitrogen and oxygen atoms in total. The third kappa shape index (κ3) is 5.10. The minimum absolute atomic E-state index is 0.0214. The summed E-state index contributed by atoms with van der Waals surface area (Å²) in [6.45, 7) is 3.85. The molecule has 2 aromatic carbocycles. The Morgan fingerprint density at radius 3 is 2.33 bits per heavy atom. The highest BCUT2D eigenvalue weighted by molar-refractivity contribution is 7.92. The molecule has 0 saturated heterocycles. The minimum Gasteiger partial charge on any atom is -0.469 e. The number of carbonyl (C=O) groups is 1. The van der Waals surface area contributed by atoms with Gasteiger partial charge in [-0.05, 0) is 68.8 Å². The summed E-state index contributed by atoms with van der Waals surface area (Å²) in [5.41, 5.74) is 1.95. The largest absolute Gasteiger partial charge is 0.469 e. The Kier molecular flexibility index (Phi) is 6.62. The Labute approximate surface area is 177 Å². The maximum atomic E-state index is 12.8. The molecule has 1 atom stereocenters. The van der Waals surface area contributed by atoms with E-state index in [0.29, 0.717) is 11.3 Å². The molecule has 3 rings (SSSR count). The van der Waals surface area contributed by atoms with E-state index in [1.54, 1.807) is 54.8 Å². The lowest BCUT2D eigenvalue weighted by atomic mass is 10.1. The van der Waals surface area contributed by atoms with Crippen LogP contribution in [0.25, 0.3) is 0 Å². The molecule has 1 amide bonds. The molecular formula is C23H26N2O4S. The third-order valence-electron chi connectivity index (χ3n) is 4.95. The maximum Gasteiger partial charge on any atom is 0.264 e. The van der Waals surface area contributed by atoms with E-state index < -0.39 is 10.0 Å². The van der Waals surface area contributed by atoms with Gasteiger partial charge >= 0.3 is 0 Å². The average molecular weight is 427 g/mol. The van der Waals surface area contributed by atoms with Crippen molar-refractivity contribution >= 4 is 21.6 Å². The lowest BCUT2D eigenvalue weighted by molar-refractivity contribution is 0.0938. The van der Waals surface area contributed by atoms with Crippen LogP contribution < -0.4 is 9.62 Å². The molecule has 0 saturated carbocycles. The van der Waals surface area contributed by atoms with Crippen LogP contribution in [-0.2, 0) is 16.4 Å². The SMILES string of the molecule is Cc1ccc(S(=O)(=O)N(C)c2ccc(C(=O)NC(C)CCc3ccco3)cc2)cc1. The molecule has 0 aliphatic carbocycles. The second-order valence-corrected chi connectivity index (χ2v) is 9.29. The number of rotatable bonds is 8. The fourth-order valence-corrected chi connectivity index (χ4v) is 4.22. The first-order valence-corrected chi connectivity index (χ1v) is 11.2. The van der Waals surface area contributed by atoms with Gasteiger partial charge < -0.3 is 9.73 Å². The number of anilines is 1. The maximum absolute atomic E-state index is 12.8. The van der Waals surface area contributed by atoms with Crippen LogP contribution in [0.4, 0.5) is 5.69 Å². The number of aryl methyl sites for hydroxylation is 2. The molecular weight excluding hydrogens is 400 g/mol. The summed E-state index contributed by atoms with van der Waals surface area (Å²) in [5, 5.41) is 2.96. The van der Waals surface area contributed by atoms with Crippen molar-refractivity contribution in [1.29, 1.82) is 0 Å². The highest BCUT2D eigenvalue weighted by Gasteiger charge is 2.21. The normalized spacial score (nSPS) is 12.4.